The molecule has 1 heterocycles. The first-order chi connectivity index (χ1) is 7.78. The number of nitrogens with zero attached hydrogens (tertiary/aromatic N) is 2. The predicted molar refractivity (Wildman–Crippen MR) is 69.3 cm³/mol. The molecule has 1 aromatic carbocycles. The lowest BCUT2D eigenvalue weighted by Crippen LogP contribution is -2.43. The average molecular weight is 216 g/mol. The summed E-state index contributed by atoms with van der Waals surface area (Å²) in [7, 11) is 2.19. The van der Waals surface area contributed by atoms with Crippen LogP contribution in [0.2, 0.25) is 0 Å². The zero-order chi connectivity index (χ0) is 11.4. The minimum absolute atomic E-state index is 1.06. The molecule has 86 valence electrons. The van der Waals surface area contributed by atoms with Gasteiger partial charge < -0.3 is 4.90 Å². The molecule has 0 aliphatic carbocycles. The zero-order valence-electron chi connectivity index (χ0n) is 10.0. The second kappa shape index (κ2) is 5.28. The van der Waals surface area contributed by atoms with Gasteiger partial charge >= 0.3 is 0 Å². The van der Waals surface area contributed by atoms with Gasteiger partial charge in [0.25, 0.3) is 0 Å². The first-order valence-electron chi connectivity index (χ1n) is 5.90. The molecular formula is C14H20N2. The standard InChI is InChI=1S/C14H20N2/c1-3-13-5-4-6-14(11-13)12-16-9-7-15(2)8-10-16/h3-6,11H,1,7-10,12H2,2H3. The van der Waals surface area contributed by atoms with Crippen LogP contribution in [0, 0.1) is 0 Å². The van der Waals surface area contributed by atoms with Gasteiger partial charge in [-0.2, -0.15) is 0 Å². The highest BCUT2D eigenvalue weighted by molar-refractivity contribution is 5.47. The molecule has 1 aliphatic heterocycles. The van der Waals surface area contributed by atoms with Crippen molar-refractivity contribution in [3.05, 3.63) is 42.0 Å². The molecule has 0 bridgehead atoms. The van der Waals surface area contributed by atoms with E-state index < -0.39 is 0 Å². The minimum atomic E-state index is 1.06. The van der Waals surface area contributed by atoms with Crippen molar-refractivity contribution >= 4 is 6.08 Å². The van der Waals surface area contributed by atoms with Crippen LogP contribution in [0.25, 0.3) is 6.08 Å². The molecule has 1 aromatic rings. The second-order valence-electron chi connectivity index (χ2n) is 4.53. The summed E-state index contributed by atoms with van der Waals surface area (Å²) < 4.78 is 0. The van der Waals surface area contributed by atoms with Gasteiger partial charge in [0.1, 0.15) is 0 Å². The van der Waals surface area contributed by atoms with E-state index in [4.69, 9.17) is 0 Å². The van der Waals surface area contributed by atoms with Gasteiger partial charge in [0.15, 0.2) is 0 Å². The average Bonchev–Trinajstić information content (AvgIpc) is 2.32. The molecule has 0 radical (unpaired) electrons. The van der Waals surface area contributed by atoms with Gasteiger partial charge in [0.05, 0.1) is 0 Å². The smallest absolute Gasteiger partial charge is 0.0235 e. The van der Waals surface area contributed by atoms with E-state index in [2.05, 4.69) is 47.7 Å². The fourth-order valence-corrected chi connectivity index (χ4v) is 2.08. The summed E-state index contributed by atoms with van der Waals surface area (Å²) in [5.74, 6) is 0. The maximum absolute atomic E-state index is 3.81. The molecule has 16 heavy (non-hydrogen) atoms. The van der Waals surface area contributed by atoms with Crippen LogP contribution in [0.15, 0.2) is 30.8 Å². The van der Waals surface area contributed by atoms with E-state index in [0.29, 0.717) is 0 Å². The number of likely N-dealkylation sites (N-methyl/N-ethyl adjacent to an activating group) is 1. The second-order valence-corrected chi connectivity index (χ2v) is 4.53. The van der Waals surface area contributed by atoms with E-state index >= 15 is 0 Å². The van der Waals surface area contributed by atoms with Crippen molar-refractivity contribution in [1.29, 1.82) is 0 Å². The number of hydrogen-bond donors (Lipinski definition) is 0. The Bertz CT molecular complexity index is 352. The summed E-state index contributed by atoms with van der Waals surface area (Å²) in [6.07, 6.45) is 1.91. The van der Waals surface area contributed by atoms with E-state index in [1.165, 1.54) is 37.3 Å². The van der Waals surface area contributed by atoms with Crippen LogP contribution in [0.5, 0.6) is 0 Å². The fourth-order valence-electron chi connectivity index (χ4n) is 2.08. The summed E-state index contributed by atoms with van der Waals surface area (Å²) in [5, 5.41) is 0. The number of benzene rings is 1. The maximum Gasteiger partial charge on any atom is 0.0235 e. The van der Waals surface area contributed by atoms with Crippen LogP contribution >= 0.6 is 0 Å². The van der Waals surface area contributed by atoms with Crippen molar-refractivity contribution in [2.24, 2.45) is 0 Å². The highest BCUT2D eigenvalue weighted by atomic mass is 15.2. The first kappa shape index (κ1) is 11.4. The Morgan fingerprint density at radius 3 is 2.69 bits per heavy atom. The fraction of sp³-hybridized carbons (Fsp3) is 0.429. The molecule has 0 atom stereocenters. The van der Waals surface area contributed by atoms with Gasteiger partial charge in [0.2, 0.25) is 0 Å². The van der Waals surface area contributed by atoms with Crippen molar-refractivity contribution in [3.8, 4) is 0 Å². The molecule has 1 saturated heterocycles. The normalized spacial score (nSPS) is 18.6. The van der Waals surface area contributed by atoms with Crippen LogP contribution in [-0.2, 0) is 6.54 Å². The first-order valence-corrected chi connectivity index (χ1v) is 5.90. The Morgan fingerprint density at radius 2 is 2.00 bits per heavy atom. The molecule has 0 N–H and O–H groups in total. The summed E-state index contributed by atoms with van der Waals surface area (Å²) in [5.41, 5.74) is 2.61. The van der Waals surface area contributed by atoms with E-state index in [1.54, 1.807) is 0 Å². The van der Waals surface area contributed by atoms with Crippen LogP contribution in [0.4, 0.5) is 0 Å². The van der Waals surface area contributed by atoms with E-state index in [9.17, 15) is 0 Å². The molecule has 2 rings (SSSR count). The van der Waals surface area contributed by atoms with Gasteiger partial charge in [-0.1, -0.05) is 36.9 Å². The molecule has 0 unspecified atom stereocenters. The molecule has 1 aliphatic rings. The quantitative estimate of drug-likeness (QED) is 0.763. The van der Waals surface area contributed by atoms with E-state index in [0.717, 1.165) is 6.54 Å². The van der Waals surface area contributed by atoms with E-state index in [1.807, 2.05) is 6.08 Å². The van der Waals surface area contributed by atoms with Gasteiger partial charge in [-0.25, -0.2) is 0 Å². The SMILES string of the molecule is C=Cc1cccc(CN2CCN(C)CC2)c1. The molecular weight excluding hydrogens is 196 g/mol. The van der Waals surface area contributed by atoms with Gasteiger partial charge in [-0.05, 0) is 18.2 Å². The Hall–Kier alpha value is -1.12. The summed E-state index contributed by atoms with van der Waals surface area (Å²) in [6, 6.07) is 8.64. The van der Waals surface area contributed by atoms with Crippen LogP contribution in [0.3, 0.4) is 0 Å². The summed E-state index contributed by atoms with van der Waals surface area (Å²) >= 11 is 0. The van der Waals surface area contributed by atoms with Crippen LogP contribution in [0.1, 0.15) is 11.1 Å². The largest absolute Gasteiger partial charge is 0.304 e. The lowest BCUT2D eigenvalue weighted by Gasteiger charge is -2.32. The molecule has 1 fully saturated rings. The Kier molecular flexibility index (Phi) is 3.75. The monoisotopic (exact) mass is 216 g/mol. The van der Waals surface area contributed by atoms with E-state index in [-0.39, 0.29) is 0 Å². The van der Waals surface area contributed by atoms with Crippen molar-refractivity contribution in [2.45, 2.75) is 6.54 Å². The number of hydrogen-bond acceptors (Lipinski definition) is 2. The van der Waals surface area contributed by atoms with Gasteiger partial charge in [-0.3, -0.25) is 4.90 Å². The molecule has 2 heteroatoms. The van der Waals surface area contributed by atoms with Crippen LogP contribution in [-0.4, -0.2) is 43.0 Å². The zero-order valence-corrected chi connectivity index (χ0v) is 10.0. The molecule has 0 amide bonds. The lowest BCUT2D eigenvalue weighted by atomic mass is 10.1. The number of rotatable bonds is 3. The van der Waals surface area contributed by atoms with Crippen molar-refractivity contribution in [1.82, 2.24) is 9.80 Å². The van der Waals surface area contributed by atoms with Crippen LogP contribution < -0.4 is 0 Å². The minimum Gasteiger partial charge on any atom is -0.304 e. The molecule has 2 nitrogen and oxygen atoms in total. The molecule has 0 saturated carbocycles. The van der Waals surface area contributed by atoms with Crippen molar-refractivity contribution in [3.63, 3.8) is 0 Å². The topological polar surface area (TPSA) is 6.48 Å². The third-order valence-corrected chi connectivity index (χ3v) is 3.19. The summed E-state index contributed by atoms with van der Waals surface area (Å²) in [4.78, 5) is 4.90. The Morgan fingerprint density at radius 1 is 1.25 bits per heavy atom. The maximum atomic E-state index is 3.81. The Labute approximate surface area is 98.2 Å². The third-order valence-electron chi connectivity index (χ3n) is 3.19. The predicted octanol–water partition coefficient (Wildman–Crippen LogP) is 2.08. The highest BCUT2D eigenvalue weighted by Crippen LogP contribution is 2.10. The van der Waals surface area contributed by atoms with Gasteiger partial charge in [0, 0.05) is 32.7 Å². The third kappa shape index (κ3) is 2.94. The molecule has 0 aromatic heterocycles. The van der Waals surface area contributed by atoms with Crippen molar-refractivity contribution in [2.75, 3.05) is 33.2 Å². The summed E-state index contributed by atoms with van der Waals surface area (Å²) in [6.45, 7) is 9.59. The van der Waals surface area contributed by atoms with Gasteiger partial charge in [-0.15, -0.1) is 0 Å². The highest BCUT2D eigenvalue weighted by Gasteiger charge is 2.13. The molecule has 0 spiro atoms. The number of piperazine rings is 1. The lowest BCUT2D eigenvalue weighted by molar-refractivity contribution is 0.148. The Balaban J connectivity index is 1.95. The van der Waals surface area contributed by atoms with Crippen molar-refractivity contribution < 1.29 is 0 Å².